The van der Waals surface area contributed by atoms with Crippen LogP contribution in [0.15, 0.2) is 30.5 Å². The second-order valence-corrected chi connectivity index (χ2v) is 14.8. The molecule has 6 aliphatic rings. The maximum atomic E-state index is 13.7. The lowest BCUT2D eigenvalue weighted by molar-refractivity contribution is -0.0760. The first-order valence-electron chi connectivity index (χ1n) is 16.6. The number of likely N-dealkylation sites (tertiary alicyclic amines) is 1. The van der Waals surface area contributed by atoms with E-state index in [1.165, 1.54) is 32.1 Å². The lowest BCUT2D eigenvalue weighted by atomic mass is 9.47. The van der Waals surface area contributed by atoms with Crippen LogP contribution < -0.4 is 16.0 Å². The first-order chi connectivity index (χ1) is 21.3. The van der Waals surface area contributed by atoms with Gasteiger partial charge < -0.3 is 16.0 Å². The molecule has 1 aromatic carbocycles. The number of piperidine rings is 1. The van der Waals surface area contributed by atoms with Crippen LogP contribution in [0.1, 0.15) is 81.8 Å². The predicted octanol–water partition coefficient (Wildman–Crippen LogP) is 6.85. The van der Waals surface area contributed by atoms with Gasteiger partial charge in [0.25, 0.3) is 5.92 Å². The smallest absolute Gasteiger partial charge is 0.250 e. The van der Waals surface area contributed by atoms with Gasteiger partial charge in [-0.25, -0.2) is 13.8 Å². The molecular weight excluding hydrogens is 580 g/mol. The summed E-state index contributed by atoms with van der Waals surface area (Å²) < 4.78 is 27.3. The fraction of sp³-hybridized carbons (Fsp3) is 0.676. The second kappa shape index (κ2) is 12.3. The molecule has 0 amide bonds. The fourth-order valence-electron chi connectivity index (χ4n) is 9.55. The quantitative estimate of drug-likeness (QED) is 0.281. The lowest BCUT2D eigenvalue weighted by Gasteiger charge is -2.61. The molecular formula is C34H44ClF2N7. The molecule has 1 saturated heterocycles. The molecule has 2 heterocycles. The summed E-state index contributed by atoms with van der Waals surface area (Å²) >= 11 is 6.31. The van der Waals surface area contributed by atoms with E-state index in [0.29, 0.717) is 71.9 Å². The standard InChI is InChI=1S/C34H44ClF2N7/c35-29-4-2-1-3-23(29)19-39-32-40-20-26(18-38)31(43-32)41-21-33-15-22-13-24(16-33)30(25(14-22)17-33)42-27-5-7-28(8-6-27)44-11-9-34(36,37)10-12-44/h1-4,20,22,24-25,27-28,30,42H,5-17,19,21H2,(H2,39,40,41,43)/t22?,24-,25+,27?,28?,30-,33-. The van der Waals surface area contributed by atoms with E-state index in [-0.39, 0.29) is 18.3 Å². The highest BCUT2D eigenvalue weighted by Crippen LogP contribution is 2.60. The van der Waals surface area contributed by atoms with Gasteiger partial charge in [0.2, 0.25) is 5.95 Å². The topological polar surface area (TPSA) is 88.9 Å². The van der Waals surface area contributed by atoms with Crippen LogP contribution in [0.4, 0.5) is 20.5 Å². The van der Waals surface area contributed by atoms with Crippen LogP contribution in [-0.2, 0) is 6.54 Å². The highest BCUT2D eigenvalue weighted by Gasteiger charge is 2.55. The predicted molar refractivity (Wildman–Crippen MR) is 169 cm³/mol. The summed E-state index contributed by atoms with van der Waals surface area (Å²) in [5, 5.41) is 21.5. The van der Waals surface area contributed by atoms with Gasteiger partial charge in [0.1, 0.15) is 17.5 Å². The summed E-state index contributed by atoms with van der Waals surface area (Å²) in [5.74, 6) is 0.788. The van der Waals surface area contributed by atoms with E-state index in [0.717, 1.165) is 43.7 Å². The number of alkyl halides is 2. The minimum Gasteiger partial charge on any atom is -0.368 e. The van der Waals surface area contributed by atoms with Gasteiger partial charge >= 0.3 is 0 Å². The highest BCUT2D eigenvalue weighted by atomic mass is 35.5. The van der Waals surface area contributed by atoms with Crippen molar-refractivity contribution in [3.63, 3.8) is 0 Å². The first-order valence-corrected chi connectivity index (χ1v) is 17.0. The van der Waals surface area contributed by atoms with Crippen molar-refractivity contribution in [2.45, 2.75) is 101 Å². The summed E-state index contributed by atoms with van der Waals surface area (Å²) in [6.07, 6.45) is 12.5. The Labute approximate surface area is 264 Å². The van der Waals surface area contributed by atoms with E-state index in [9.17, 15) is 14.0 Å². The third-order valence-electron chi connectivity index (χ3n) is 11.5. The Balaban J connectivity index is 0.939. The largest absolute Gasteiger partial charge is 0.368 e. The minimum atomic E-state index is -2.47. The average molecular weight is 624 g/mol. The lowest BCUT2D eigenvalue weighted by Crippen LogP contribution is -2.61. The molecule has 5 atom stereocenters. The number of hydrogen-bond acceptors (Lipinski definition) is 7. The Morgan fingerprint density at radius 1 is 1.00 bits per heavy atom. The number of halogens is 3. The molecule has 10 heteroatoms. The molecule has 6 fully saturated rings. The van der Waals surface area contributed by atoms with Crippen molar-refractivity contribution in [3.8, 4) is 6.07 Å². The van der Waals surface area contributed by atoms with E-state index < -0.39 is 5.92 Å². The van der Waals surface area contributed by atoms with Crippen LogP contribution in [0.3, 0.4) is 0 Å². The highest BCUT2D eigenvalue weighted by molar-refractivity contribution is 6.31. The Morgan fingerprint density at radius 2 is 1.73 bits per heavy atom. The van der Waals surface area contributed by atoms with E-state index in [2.05, 4.69) is 31.9 Å². The molecule has 7 nitrogen and oxygen atoms in total. The van der Waals surface area contributed by atoms with Gasteiger partial charge in [-0.2, -0.15) is 10.2 Å². The number of nitrogens with zero attached hydrogens (tertiary/aromatic N) is 4. The third-order valence-corrected chi connectivity index (χ3v) is 11.9. The number of aromatic nitrogens is 2. The van der Waals surface area contributed by atoms with Gasteiger partial charge in [-0.3, -0.25) is 4.90 Å². The maximum Gasteiger partial charge on any atom is 0.250 e. The number of nitriles is 1. The molecule has 4 bridgehead atoms. The van der Waals surface area contributed by atoms with Gasteiger partial charge in [-0.1, -0.05) is 29.8 Å². The van der Waals surface area contributed by atoms with Crippen molar-refractivity contribution in [1.29, 1.82) is 5.26 Å². The normalized spacial score (nSPS) is 34.4. The van der Waals surface area contributed by atoms with Gasteiger partial charge in [0.15, 0.2) is 0 Å². The number of rotatable bonds is 9. The molecule has 5 aliphatic carbocycles. The van der Waals surface area contributed by atoms with E-state index in [1.54, 1.807) is 6.20 Å². The first kappa shape index (κ1) is 30.1. The zero-order valence-electron chi connectivity index (χ0n) is 25.4. The molecule has 236 valence electrons. The minimum absolute atomic E-state index is 0.0189. The van der Waals surface area contributed by atoms with Gasteiger partial charge in [0.05, 0.1) is 6.20 Å². The van der Waals surface area contributed by atoms with E-state index >= 15 is 0 Å². The molecule has 1 unspecified atom stereocenters. The van der Waals surface area contributed by atoms with Crippen LogP contribution >= 0.6 is 11.6 Å². The van der Waals surface area contributed by atoms with Crippen LogP contribution in [0.5, 0.6) is 0 Å². The zero-order valence-corrected chi connectivity index (χ0v) is 26.1. The maximum absolute atomic E-state index is 13.7. The third kappa shape index (κ3) is 6.41. The molecule has 1 aromatic heterocycles. The van der Waals surface area contributed by atoms with Gasteiger partial charge in [-0.05, 0) is 92.6 Å². The molecule has 3 N–H and O–H groups in total. The van der Waals surface area contributed by atoms with Crippen molar-refractivity contribution in [3.05, 3.63) is 46.6 Å². The van der Waals surface area contributed by atoms with Crippen LogP contribution in [0.25, 0.3) is 0 Å². The van der Waals surface area contributed by atoms with Crippen LogP contribution in [-0.4, -0.2) is 58.6 Å². The van der Waals surface area contributed by atoms with Crippen molar-refractivity contribution in [1.82, 2.24) is 20.2 Å². The molecule has 0 radical (unpaired) electrons. The molecule has 1 aliphatic heterocycles. The van der Waals surface area contributed by atoms with Gasteiger partial charge in [-0.15, -0.1) is 0 Å². The van der Waals surface area contributed by atoms with Crippen molar-refractivity contribution in [2.24, 2.45) is 23.2 Å². The monoisotopic (exact) mass is 623 g/mol. The summed E-state index contributed by atoms with van der Waals surface area (Å²) in [5.41, 5.74) is 1.67. The summed E-state index contributed by atoms with van der Waals surface area (Å²) in [7, 11) is 0. The molecule has 8 rings (SSSR count). The number of benzene rings is 1. The van der Waals surface area contributed by atoms with Crippen LogP contribution in [0, 0.1) is 34.5 Å². The molecule has 5 saturated carbocycles. The number of hydrogen-bond donors (Lipinski definition) is 3. The fourth-order valence-corrected chi connectivity index (χ4v) is 9.75. The Morgan fingerprint density at radius 3 is 2.43 bits per heavy atom. The van der Waals surface area contributed by atoms with Crippen molar-refractivity contribution >= 4 is 23.4 Å². The Kier molecular flexibility index (Phi) is 8.45. The summed E-state index contributed by atoms with van der Waals surface area (Å²) in [6.45, 7) is 2.43. The molecule has 44 heavy (non-hydrogen) atoms. The average Bonchev–Trinajstić information content (AvgIpc) is 3.01. The van der Waals surface area contributed by atoms with Gasteiger partial charge in [0, 0.05) is 62.2 Å². The van der Waals surface area contributed by atoms with Crippen molar-refractivity contribution < 1.29 is 8.78 Å². The second-order valence-electron chi connectivity index (χ2n) is 14.4. The Bertz CT molecular complexity index is 1350. The zero-order chi connectivity index (χ0) is 30.3. The van der Waals surface area contributed by atoms with Crippen molar-refractivity contribution in [2.75, 3.05) is 30.3 Å². The summed E-state index contributed by atoms with van der Waals surface area (Å²) in [4.78, 5) is 11.4. The Hall–Kier alpha value is -2.54. The summed E-state index contributed by atoms with van der Waals surface area (Å²) in [6, 6.07) is 11.6. The molecule has 0 spiro atoms. The number of anilines is 2. The molecule has 2 aromatic rings. The van der Waals surface area contributed by atoms with E-state index in [4.69, 9.17) is 16.6 Å². The number of nitrogens with one attached hydrogen (secondary N) is 3. The van der Waals surface area contributed by atoms with Crippen LogP contribution in [0.2, 0.25) is 5.02 Å². The SMILES string of the molecule is N#Cc1cnc(NCc2ccccc2Cl)nc1NC[C@]12CC3C[C@H](C1)[C@@H](NC1CCC(N4CCC(F)(F)CC4)CC1)[C@@H](C3)C2. The van der Waals surface area contributed by atoms with E-state index in [1.807, 2.05) is 24.3 Å².